The van der Waals surface area contributed by atoms with Crippen LogP contribution in [0.2, 0.25) is 0 Å². The normalized spacial score (nSPS) is 13.4. The van der Waals surface area contributed by atoms with E-state index in [0.29, 0.717) is 6.42 Å². The number of benzene rings is 4. The highest BCUT2D eigenvalue weighted by Crippen LogP contribution is 2.32. The lowest BCUT2D eigenvalue weighted by molar-refractivity contribution is 0.0592. The molecule has 154 valence electrons. The Balaban J connectivity index is 1.48. The molecule has 1 heterocycles. The Bertz CT molecular complexity index is 1360. The van der Waals surface area contributed by atoms with Crippen molar-refractivity contribution in [1.82, 2.24) is 9.78 Å². The Morgan fingerprint density at radius 3 is 2.48 bits per heavy atom. The van der Waals surface area contributed by atoms with Crippen molar-refractivity contribution in [3.05, 3.63) is 102 Å². The zero-order valence-corrected chi connectivity index (χ0v) is 17.6. The van der Waals surface area contributed by atoms with Crippen LogP contribution < -0.4 is 4.74 Å². The van der Waals surface area contributed by atoms with Crippen molar-refractivity contribution in [2.75, 3.05) is 7.11 Å². The van der Waals surface area contributed by atoms with Gasteiger partial charge in [0.1, 0.15) is 5.75 Å². The first kappa shape index (κ1) is 19.3. The zero-order chi connectivity index (χ0) is 21.4. The highest BCUT2D eigenvalue weighted by molar-refractivity contribution is 5.86. The third kappa shape index (κ3) is 3.56. The number of fused-ring (bicyclic) bond motifs is 2. The topological polar surface area (TPSA) is 47.3 Å². The van der Waals surface area contributed by atoms with Crippen molar-refractivity contribution in [2.45, 2.75) is 18.9 Å². The monoisotopic (exact) mass is 408 g/mol. The summed E-state index contributed by atoms with van der Waals surface area (Å²) in [5, 5.41) is 19.2. The molecule has 0 saturated carbocycles. The van der Waals surface area contributed by atoms with E-state index in [1.165, 1.54) is 0 Å². The Morgan fingerprint density at radius 1 is 0.903 bits per heavy atom. The Hall–Kier alpha value is -3.63. The molecule has 4 aromatic carbocycles. The van der Waals surface area contributed by atoms with Gasteiger partial charge in [0.2, 0.25) is 0 Å². The van der Waals surface area contributed by atoms with Gasteiger partial charge < -0.3 is 9.84 Å². The van der Waals surface area contributed by atoms with E-state index in [1.54, 1.807) is 7.11 Å². The predicted octanol–water partition coefficient (Wildman–Crippen LogP) is 5.64. The summed E-state index contributed by atoms with van der Waals surface area (Å²) in [6.45, 7) is 1.89. The van der Waals surface area contributed by atoms with Gasteiger partial charge in [-0.2, -0.15) is 5.10 Å². The molecule has 0 bridgehead atoms. The van der Waals surface area contributed by atoms with Crippen molar-refractivity contribution in [3.8, 4) is 11.4 Å². The van der Waals surface area contributed by atoms with Crippen LogP contribution in [-0.4, -0.2) is 22.0 Å². The molecule has 0 aliphatic heterocycles. The summed E-state index contributed by atoms with van der Waals surface area (Å²) in [7, 11) is 1.66. The molecule has 5 rings (SSSR count). The fraction of sp³-hybridized carbons (Fsp3) is 0.148. The lowest BCUT2D eigenvalue weighted by Crippen LogP contribution is -2.24. The number of aliphatic hydroxyl groups is 1. The van der Waals surface area contributed by atoms with Crippen LogP contribution in [0.25, 0.3) is 27.4 Å². The Kier molecular flexibility index (Phi) is 4.72. The van der Waals surface area contributed by atoms with Gasteiger partial charge in [0.15, 0.2) is 0 Å². The minimum absolute atomic E-state index is 0.519. The van der Waals surface area contributed by atoms with Gasteiger partial charge in [0, 0.05) is 11.8 Å². The summed E-state index contributed by atoms with van der Waals surface area (Å²) in [4.78, 5) is 0. The second-order valence-corrected chi connectivity index (χ2v) is 8.12. The van der Waals surface area contributed by atoms with Gasteiger partial charge >= 0.3 is 0 Å². The summed E-state index contributed by atoms with van der Waals surface area (Å²) in [6, 6.07) is 28.4. The van der Waals surface area contributed by atoms with Crippen LogP contribution in [0.3, 0.4) is 0 Å². The van der Waals surface area contributed by atoms with E-state index >= 15 is 0 Å². The molecule has 4 nitrogen and oxygen atoms in total. The molecule has 5 aromatic rings. The molecule has 0 aliphatic rings. The SMILES string of the molecule is COc1ccc(-n2ncc3cc(CC(C)(O)c4cccc5ccccc45)ccc32)cc1. The molecule has 1 unspecified atom stereocenters. The molecule has 1 atom stereocenters. The molecule has 0 spiro atoms. The maximum absolute atomic E-state index is 11.4. The van der Waals surface area contributed by atoms with E-state index in [-0.39, 0.29) is 0 Å². The van der Waals surface area contributed by atoms with Crippen molar-refractivity contribution in [1.29, 1.82) is 0 Å². The van der Waals surface area contributed by atoms with Crippen LogP contribution in [0, 0.1) is 0 Å². The summed E-state index contributed by atoms with van der Waals surface area (Å²) >= 11 is 0. The van der Waals surface area contributed by atoms with Gasteiger partial charge in [0.05, 0.1) is 30.1 Å². The summed E-state index contributed by atoms with van der Waals surface area (Å²) < 4.78 is 7.16. The summed E-state index contributed by atoms with van der Waals surface area (Å²) in [5.74, 6) is 0.818. The number of nitrogens with zero attached hydrogens (tertiary/aromatic N) is 2. The van der Waals surface area contributed by atoms with Crippen LogP contribution in [-0.2, 0) is 12.0 Å². The molecular formula is C27H24N2O2. The average molecular weight is 409 g/mol. The van der Waals surface area contributed by atoms with E-state index in [2.05, 4.69) is 41.5 Å². The van der Waals surface area contributed by atoms with E-state index in [4.69, 9.17) is 4.74 Å². The van der Waals surface area contributed by atoms with E-state index in [1.807, 2.05) is 66.3 Å². The van der Waals surface area contributed by atoms with Gasteiger partial charge in [-0.1, -0.05) is 48.5 Å². The highest BCUT2D eigenvalue weighted by Gasteiger charge is 2.25. The zero-order valence-electron chi connectivity index (χ0n) is 17.6. The quantitative estimate of drug-likeness (QED) is 0.409. The molecule has 1 aromatic heterocycles. The van der Waals surface area contributed by atoms with E-state index in [0.717, 1.165) is 44.2 Å². The average Bonchev–Trinajstić information content (AvgIpc) is 3.21. The van der Waals surface area contributed by atoms with Gasteiger partial charge in [-0.05, 0) is 65.2 Å². The smallest absolute Gasteiger partial charge is 0.119 e. The molecule has 0 saturated heterocycles. The number of rotatable bonds is 5. The number of hydrogen-bond acceptors (Lipinski definition) is 3. The van der Waals surface area contributed by atoms with Crippen molar-refractivity contribution >= 4 is 21.7 Å². The fourth-order valence-corrected chi connectivity index (χ4v) is 4.31. The lowest BCUT2D eigenvalue weighted by atomic mass is 9.86. The molecule has 0 amide bonds. The first-order valence-corrected chi connectivity index (χ1v) is 10.4. The molecule has 31 heavy (non-hydrogen) atoms. The molecule has 0 radical (unpaired) electrons. The predicted molar refractivity (Wildman–Crippen MR) is 125 cm³/mol. The minimum Gasteiger partial charge on any atom is -0.497 e. The first-order valence-electron chi connectivity index (χ1n) is 10.4. The Morgan fingerprint density at radius 2 is 1.68 bits per heavy atom. The van der Waals surface area contributed by atoms with Gasteiger partial charge in [-0.15, -0.1) is 0 Å². The number of aromatic nitrogens is 2. The molecular weight excluding hydrogens is 384 g/mol. The van der Waals surface area contributed by atoms with Gasteiger partial charge in [-0.3, -0.25) is 0 Å². The van der Waals surface area contributed by atoms with Crippen LogP contribution >= 0.6 is 0 Å². The van der Waals surface area contributed by atoms with Crippen LogP contribution in [0.1, 0.15) is 18.1 Å². The van der Waals surface area contributed by atoms with E-state index in [9.17, 15) is 5.11 Å². The van der Waals surface area contributed by atoms with Crippen LogP contribution in [0.5, 0.6) is 5.75 Å². The molecule has 1 N–H and O–H groups in total. The van der Waals surface area contributed by atoms with Gasteiger partial charge in [0.25, 0.3) is 0 Å². The summed E-state index contributed by atoms with van der Waals surface area (Å²) in [5.41, 5.74) is 3.03. The second kappa shape index (κ2) is 7.56. The third-order valence-electron chi connectivity index (χ3n) is 5.87. The maximum Gasteiger partial charge on any atom is 0.119 e. The fourth-order valence-electron chi connectivity index (χ4n) is 4.31. The number of hydrogen-bond donors (Lipinski definition) is 1. The lowest BCUT2D eigenvalue weighted by Gasteiger charge is -2.26. The minimum atomic E-state index is -0.986. The van der Waals surface area contributed by atoms with Crippen molar-refractivity contribution in [2.24, 2.45) is 0 Å². The standard InChI is InChI=1S/C27H24N2O2/c1-27(30,25-9-5-7-20-6-3-4-8-24(20)25)17-19-10-15-26-21(16-19)18-28-29(26)22-11-13-23(31-2)14-12-22/h3-16,18,30H,17H2,1-2H3. The highest BCUT2D eigenvalue weighted by atomic mass is 16.5. The molecule has 0 fully saturated rings. The first-order chi connectivity index (χ1) is 15.0. The van der Waals surface area contributed by atoms with Crippen LogP contribution in [0.4, 0.5) is 0 Å². The second-order valence-electron chi connectivity index (χ2n) is 8.12. The van der Waals surface area contributed by atoms with Gasteiger partial charge in [-0.25, -0.2) is 4.68 Å². The third-order valence-corrected chi connectivity index (χ3v) is 5.87. The maximum atomic E-state index is 11.4. The van der Waals surface area contributed by atoms with Crippen molar-refractivity contribution in [3.63, 3.8) is 0 Å². The largest absolute Gasteiger partial charge is 0.497 e. The van der Waals surface area contributed by atoms with E-state index < -0.39 is 5.60 Å². The molecule has 0 aliphatic carbocycles. The van der Waals surface area contributed by atoms with Crippen molar-refractivity contribution < 1.29 is 9.84 Å². The number of ether oxygens (including phenoxy) is 1. The molecule has 4 heteroatoms. The van der Waals surface area contributed by atoms with Crippen LogP contribution in [0.15, 0.2) is 91.1 Å². The summed E-state index contributed by atoms with van der Waals surface area (Å²) in [6.07, 6.45) is 2.39. The number of methoxy groups -OCH3 is 1. The Labute approximate surface area is 181 Å².